The molecule has 0 aliphatic rings. The Hall–Kier alpha value is -1.85. The van der Waals surface area contributed by atoms with Crippen molar-refractivity contribution in [1.29, 1.82) is 0 Å². The summed E-state index contributed by atoms with van der Waals surface area (Å²) in [4.78, 5) is 0. The van der Waals surface area contributed by atoms with Gasteiger partial charge in [-0.1, -0.05) is 24.3 Å². The van der Waals surface area contributed by atoms with Crippen molar-refractivity contribution in [3.8, 4) is 0 Å². The van der Waals surface area contributed by atoms with E-state index in [-0.39, 0.29) is 5.56 Å². The highest BCUT2D eigenvalue weighted by molar-refractivity contribution is 5.32. The summed E-state index contributed by atoms with van der Waals surface area (Å²) in [5, 5.41) is 0. The van der Waals surface area contributed by atoms with E-state index in [4.69, 9.17) is 5.84 Å². The zero-order valence-corrected chi connectivity index (χ0v) is 11.9. The molecule has 1 atom stereocenters. The lowest BCUT2D eigenvalue weighted by atomic mass is 9.96. The highest BCUT2D eigenvalue weighted by Crippen LogP contribution is 2.24. The molecule has 112 valence electrons. The summed E-state index contributed by atoms with van der Waals surface area (Å²) >= 11 is 0. The Balaban J connectivity index is 2.32. The molecule has 0 amide bonds. The summed E-state index contributed by atoms with van der Waals surface area (Å²) in [6.07, 6.45) is 0.375. The lowest BCUT2D eigenvalue weighted by molar-refractivity contribution is 0.425. The molecule has 0 saturated heterocycles. The van der Waals surface area contributed by atoms with Crippen molar-refractivity contribution >= 4 is 0 Å². The van der Waals surface area contributed by atoms with Gasteiger partial charge in [0, 0.05) is 5.56 Å². The van der Waals surface area contributed by atoms with Crippen molar-refractivity contribution in [2.24, 2.45) is 5.84 Å². The second-order valence-electron chi connectivity index (χ2n) is 5.11. The van der Waals surface area contributed by atoms with Crippen molar-refractivity contribution in [2.45, 2.75) is 26.3 Å². The van der Waals surface area contributed by atoms with Gasteiger partial charge < -0.3 is 0 Å². The maximum absolute atomic E-state index is 13.8. The maximum Gasteiger partial charge on any atom is 0.194 e. The number of benzene rings is 2. The molecule has 2 aromatic carbocycles. The summed E-state index contributed by atoms with van der Waals surface area (Å²) in [7, 11) is 0. The summed E-state index contributed by atoms with van der Waals surface area (Å²) in [6, 6.07) is 7.31. The van der Waals surface area contributed by atoms with Crippen LogP contribution >= 0.6 is 0 Å². The number of nitrogens with two attached hydrogens (primary N) is 1. The zero-order chi connectivity index (χ0) is 15.6. The van der Waals surface area contributed by atoms with Gasteiger partial charge in [-0.25, -0.2) is 13.2 Å². The molecule has 2 rings (SSSR count). The van der Waals surface area contributed by atoms with Gasteiger partial charge in [-0.05, 0) is 43.0 Å². The van der Waals surface area contributed by atoms with Crippen LogP contribution in [0.1, 0.15) is 28.3 Å². The van der Waals surface area contributed by atoms with E-state index in [2.05, 4.69) is 5.43 Å². The minimum Gasteiger partial charge on any atom is -0.271 e. The van der Waals surface area contributed by atoms with Crippen molar-refractivity contribution in [1.82, 2.24) is 5.43 Å². The van der Waals surface area contributed by atoms with Crippen LogP contribution in [0.15, 0.2) is 30.3 Å². The number of aryl methyl sites for hydroxylation is 2. The summed E-state index contributed by atoms with van der Waals surface area (Å²) in [6.45, 7) is 3.97. The molecule has 0 bridgehead atoms. The first-order valence-electron chi connectivity index (χ1n) is 6.59. The minimum atomic E-state index is -1.48. The smallest absolute Gasteiger partial charge is 0.194 e. The van der Waals surface area contributed by atoms with Gasteiger partial charge in [-0.15, -0.1) is 0 Å². The van der Waals surface area contributed by atoms with Crippen molar-refractivity contribution in [3.05, 3.63) is 70.0 Å². The predicted octanol–water partition coefficient (Wildman–Crippen LogP) is 3.47. The molecule has 0 spiro atoms. The highest BCUT2D eigenvalue weighted by Gasteiger charge is 2.20. The first-order valence-corrected chi connectivity index (χ1v) is 6.59. The molecule has 0 fully saturated rings. The lowest BCUT2D eigenvalue weighted by Gasteiger charge is -2.18. The van der Waals surface area contributed by atoms with Crippen LogP contribution in [-0.4, -0.2) is 0 Å². The van der Waals surface area contributed by atoms with Gasteiger partial charge >= 0.3 is 0 Å². The Bertz CT molecular complexity index is 656. The molecule has 0 aliphatic carbocycles. The third kappa shape index (κ3) is 3.25. The van der Waals surface area contributed by atoms with Gasteiger partial charge in [0.05, 0.1) is 6.04 Å². The molecular formula is C16H17F3N2. The fourth-order valence-electron chi connectivity index (χ4n) is 2.23. The predicted molar refractivity (Wildman–Crippen MR) is 76.0 cm³/mol. The Labute approximate surface area is 121 Å². The molecule has 0 aliphatic heterocycles. The molecule has 3 N–H and O–H groups in total. The first kappa shape index (κ1) is 15.5. The van der Waals surface area contributed by atoms with Gasteiger partial charge in [0.15, 0.2) is 17.5 Å². The van der Waals surface area contributed by atoms with Crippen LogP contribution in [0.5, 0.6) is 0 Å². The Morgan fingerprint density at radius 1 is 1.00 bits per heavy atom. The topological polar surface area (TPSA) is 38.0 Å². The van der Waals surface area contributed by atoms with Crippen LogP contribution in [-0.2, 0) is 6.42 Å². The number of hydrazine groups is 1. The maximum atomic E-state index is 13.8. The van der Waals surface area contributed by atoms with Gasteiger partial charge in [0.1, 0.15) is 0 Å². The SMILES string of the molecule is Cc1ccc(CC(NN)c2ccc(F)c(F)c2F)cc1C. The highest BCUT2D eigenvalue weighted by atomic mass is 19.2. The van der Waals surface area contributed by atoms with E-state index >= 15 is 0 Å². The van der Waals surface area contributed by atoms with Crippen LogP contribution in [0.3, 0.4) is 0 Å². The van der Waals surface area contributed by atoms with Crippen molar-refractivity contribution in [2.75, 3.05) is 0 Å². The molecular weight excluding hydrogens is 277 g/mol. The Morgan fingerprint density at radius 3 is 2.33 bits per heavy atom. The average molecular weight is 294 g/mol. The number of halogens is 3. The van der Waals surface area contributed by atoms with Crippen LogP contribution < -0.4 is 11.3 Å². The minimum absolute atomic E-state index is 0.00891. The molecule has 2 nitrogen and oxygen atoms in total. The van der Waals surface area contributed by atoms with E-state index < -0.39 is 23.5 Å². The molecule has 0 saturated carbocycles. The Kier molecular flexibility index (Phi) is 4.65. The van der Waals surface area contributed by atoms with Gasteiger partial charge in [0.25, 0.3) is 0 Å². The monoisotopic (exact) mass is 294 g/mol. The molecule has 21 heavy (non-hydrogen) atoms. The second kappa shape index (κ2) is 6.28. The van der Waals surface area contributed by atoms with E-state index in [1.54, 1.807) is 0 Å². The van der Waals surface area contributed by atoms with Crippen LogP contribution in [0, 0.1) is 31.3 Å². The second-order valence-corrected chi connectivity index (χ2v) is 5.11. The Morgan fingerprint density at radius 2 is 1.71 bits per heavy atom. The summed E-state index contributed by atoms with van der Waals surface area (Å²) in [5.74, 6) is 1.55. The molecule has 2 aromatic rings. The largest absolute Gasteiger partial charge is 0.271 e. The third-order valence-electron chi connectivity index (χ3n) is 3.65. The van der Waals surface area contributed by atoms with E-state index in [0.717, 1.165) is 22.8 Å². The quantitative estimate of drug-likeness (QED) is 0.515. The standard InChI is InChI=1S/C16H17F3N2/c1-9-3-4-11(7-10(9)2)8-14(21-20)12-5-6-13(17)16(19)15(12)18/h3-7,14,21H,8,20H2,1-2H3. The van der Waals surface area contributed by atoms with Gasteiger partial charge in [-0.3, -0.25) is 11.3 Å². The fraction of sp³-hybridized carbons (Fsp3) is 0.250. The number of hydrogen-bond acceptors (Lipinski definition) is 2. The number of hydrogen-bond donors (Lipinski definition) is 2. The number of rotatable bonds is 4. The molecule has 1 unspecified atom stereocenters. The fourth-order valence-corrected chi connectivity index (χ4v) is 2.23. The number of nitrogens with one attached hydrogen (secondary N) is 1. The van der Waals surface area contributed by atoms with Gasteiger partial charge in [-0.2, -0.15) is 0 Å². The molecule has 5 heteroatoms. The first-order chi connectivity index (χ1) is 9.93. The molecule has 0 radical (unpaired) electrons. The summed E-state index contributed by atoms with van der Waals surface area (Å²) < 4.78 is 40.1. The zero-order valence-electron chi connectivity index (χ0n) is 11.9. The van der Waals surface area contributed by atoms with E-state index in [0.29, 0.717) is 6.42 Å². The van der Waals surface area contributed by atoms with Crippen molar-refractivity contribution < 1.29 is 13.2 Å². The van der Waals surface area contributed by atoms with Crippen LogP contribution in [0.25, 0.3) is 0 Å². The third-order valence-corrected chi connectivity index (χ3v) is 3.65. The molecule has 0 heterocycles. The van der Waals surface area contributed by atoms with Crippen LogP contribution in [0.4, 0.5) is 13.2 Å². The van der Waals surface area contributed by atoms with E-state index in [1.807, 2.05) is 32.0 Å². The van der Waals surface area contributed by atoms with E-state index in [9.17, 15) is 13.2 Å². The normalized spacial score (nSPS) is 12.5. The van der Waals surface area contributed by atoms with Gasteiger partial charge in [0.2, 0.25) is 0 Å². The molecule has 0 aromatic heterocycles. The lowest BCUT2D eigenvalue weighted by Crippen LogP contribution is -2.30. The van der Waals surface area contributed by atoms with Crippen molar-refractivity contribution in [3.63, 3.8) is 0 Å². The van der Waals surface area contributed by atoms with E-state index in [1.165, 1.54) is 6.07 Å². The summed E-state index contributed by atoms with van der Waals surface area (Å²) in [5.41, 5.74) is 5.66. The average Bonchev–Trinajstić information content (AvgIpc) is 2.47. The van der Waals surface area contributed by atoms with Crippen LogP contribution in [0.2, 0.25) is 0 Å².